The Balaban J connectivity index is 0.000000735. The zero-order chi connectivity index (χ0) is 21.9. The lowest BCUT2D eigenvalue weighted by Gasteiger charge is -2.19. The van der Waals surface area contributed by atoms with E-state index in [-0.39, 0.29) is 6.10 Å². The van der Waals surface area contributed by atoms with E-state index in [1.807, 2.05) is 47.2 Å². The normalized spacial score (nSPS) is 11.4. The molecule has 0 spiro atoms. The van der Waals surface area contributed by atoms with Crippen molar-refractivity contribution in [3.8, 4) is 0 Å². The van der Waals surface area contributed by atoms with Gasteiger partial charge in [-0.15, -0.1) is 10.1 Å². The average Bonchev–Trinajstić information content (AvgIpc) is 3.19. The fourth-order valence-corrected chi connectivity index (χ4v) is 3.27. The summed E-state index contributed by atoms with van der Waals surface area (Å²) in [7, 11) is 0. The Hall–Kier alpha value is -2.32. The Morgan fingerprint density at radius 2 is 1.80 bits per heavy atom. The Labute approximate surface area is 188 Å². The lowest BCUT2D eigenvalue weighted by Crippen LogP contribution is -2.20. The minimum atomic E-state index is -1.50. The van der Waals surface area contributed by atoms with Crippen molar-refractivity contribution < 1.29 is 15.0 Å². The van der Waals surface area contributed by atoms with E-state index in [0.29, 0.717) is 16.7 Å². The van der Waals surface area contributed by atoms with Crippen molar-refractivity contribution in [2.75, 3.05) is 0 Å². The van der Waals surface area contributed by atoms with Gasteiger partial charge in [0, 0.05) is 34.0 Å². The first kappa shape index (κ1) is 24.0. The van der Waals surface area contributed by atoms with Gasteiger partial charge in [-0.1, -0.05) is 53.0 Å². The number of aryl methyl sites for hydroxylation is 1. The van der Waals surface area contributed by atoms with Crippen LogP contribution in [-0.4, -0.2) is 25.9 Å². The van der Waals surface area contributed by atoms with Gasteiger partial charge < -0.3 is 14.5 Å². The molecule has 30 heavy (non-hydrogen) atoms. The molecule has 0 aliphatic rings. The van der Waals surface area contributed by atoms with Crippen LogP contribution < -0.4 is 0 Å². The number of aromatic nitrogens is 2. The summed E-state index contributed by atoms with van der Waals surface area (Å²) in [5.41, 5.74) is 2.16. The predicted octanol–water partition coefficient (Wildman–Crippen LogP) is 5.71. The van der Waals surface area contributed by atoms with Gasteiger partial charge >= 0.3 is 0 Å². The lowest BCUT2D eigenvalue weighted by atomic mass is 10.1. The van der Waals surface area contributed by atoms with Crippen LogP contribution in [0.2, 0.25) is 15.1 Å². The van der Waals surface area contributed by atoms with Gasteiger partial charge in [-0.25, -0.2) is 4.98 Å². The van der Waals surface area contributed by atoms with Crippen LogP contribution in [0.25, 0.3) is 0 Å². The monoisotopic (exact) mass is 471 g/mol. The zero-order valence-corrected chi connectivity index (χ0v) is 18.1. The number of imidazole rings is 1. The van der Waals surface area contributed by atoms with Crippen LogP contribution in [0.1, 0.15) is 17.5 Å². The molecule has 1 unspecified atom stereocenters. The maximum Gasteiger partial charge on any atom is 0.291 e. The molecule has 0 radical (unpaired) electrons. The minimum Gasteiger partial charge on any atom is -0.372 e. The van der Waals surface area contributed by atoms with Crippen molar-refractivity contribution >= 4 is 34.8 Å². The summed E-state index contributed by atoms with van der Waals surface area (Å²) in [6, 6.07) is 13.4. The quantitative estimate of drug-likeness (QED) is 0.335. The Morgan fingerprint density at radius 1 is 1.13 bits per heavy atom. The van der Waals surface area contributed by atoms with Gasteiger partial charge in [0.05, 0.1) is 19.0 Å². The molecule has 0 amide bonds. The smallest absolute Gasteiger partial charge is 0.291 e. The van der Waals surface area contributed by atoms with Gasteiger partial charge in [0.15, 0.2) is 0 Å². The standard InChI is InChI=1S/C20H19Cl3N2O.HNO3/c21-17-5-1-15(2-6-17)3-8-19(12-25-10-9-24-14-25)26-13-16-4-7-18(22)11-20(16)23;2-1(3)4/h1-2,4-7,9-11,14,19H,3,8,12-13H2;(H,2,3,4). The number of ether oxygens (including phenoxy) is 1. The molecule has 2 aromatic carbocycles. The second kappa shape index (κ2) is 12.4. The Kier molecular flexibility index (Phi) is 9.89. The van der Waals surface area contributed by atoms with E-state index >= 15 is 0 Å². The number of nitrogens with zero attached hydrogens (tertiary/aromatic N) is 3. The van der Waals surface area contributed by atoms with Gasteiger partial charge in [-0.05, 0) is 48.2 Å². The largest absolute Gasteiger partial charge is 0.372 e. The van der Waals surface area contributed by atoms with E-state index in [2.05, 4.69) is 4.98 Å². The first-order chi connectivity index (χ1) is 14.3. The molecule has 7 nitrogen and oxygen atoms in total. The van der Waals surface area contributed by atoms with Crippen LogP contribution in [0.4, 0.5) is 0 Å². The van der Waals surface area contributed by atoms with E-state index in [9.17, 15) is 0 Å². The third-order valence-electron chi connectivity index (χ3n) is 4.13. The summed E-state index contributed by atoms with van der Waals surface area (Å²) in [6.07, 6.45) is 7.33. The van der Waals surface area contributed by atoms with E-state index < -0.39 is 5.09 Å². The molecule has 0 saturated carbocycles. The molecule has 0 fully saturated rings. The fourth-order valence-electron chi connectivity index (χ4n) is 2.68. The summed E-state index contributed by atoms with van der Waals surface area (Å²) in [5, 5.41) is 15.6. The molecular weight excluding hydrogens is 453 g/mol. The molecule has 0 aliphatic carbocycles. The number of halogens is 3. The van der Waals surface area contributed by atoms with Crippen molar-refractivity contribution in [1.29, 1.82) is 0 Å². The predicted molar refractivity (Wildman–Crippen MR) is 116 cm³/mol. The van der Waals surface area contributed by atoms with Crippen LogP contribution in [0.3, 0.4) is 0 Å². The van der Waals surface area contributed by atoms with Crippen LogP contribution in [0.15, 0.2) is 61.2 Å². The fraction of sp³-hybridized carbons (Fsp3) is 0.250. The van der Waals surface area contributed by atoms with E-state index in [0.717, 1.165) is 30.0 Å². The minimum absolute atomic E-state index is 0.0339. The van der Waals surface area contributed by atoms with Crippen molar-refractivity contribution in [1.82, 2.24) is 9.55 Å². The zero-order valence-electron chi connectivity index (χ0n) is 15.8. The molecule has 3 rings (SSSR count). The topological polar surface area (TPSA) is 90.4 Å². The van der Waals surface area contributed by atoms with Crippen molar-refractivity contribution in [2.45, 2.75) is 32.1 Å². The van der Waals surface area contributed by atoms with Gasteiger partial charge in [-0.3, -0.25) is 0 Å². The highest BCUT2D eigenvalue weighted by Crippen LogP contribution is 2.23. The molecule has 1 aromatic heterocycles. The number of rotatable bonds is 8. The second-order valence-corrected chi connectivity index (χ2v) is 7.61. The van der Waals surface area contributed by atoms with Crippen LogP contribution in [0.5, 0.6) is 0 Å². The van der Waals surface area contributed by atoms with Gasteiger partial charge in [0.25, 0.3) is 5.09 Å². The van der Waals surface area contributed by atoms with Gasteiger partial charge in [0.1, 0.15) is 0 Å². The summed E-state index contributed by atoms with van der Waals surface area (Å²) in [5.74, 6) is 0. The molecular formula is C20H20Cl3N3O4. The third kappa shape index (κ3) is 9.00. The molecule has 3 aromatic rings. The van der Waals surface area contributed by atoms with E-state index in [1.165, 1.54) is 5.56 Å². The Bertz CT molecular complexity index is 918. The summed E-state index contributed by atoms with van der Waals surface area (Å²) < 4.78 is 8.19. The van der Waals surface area contributed by atoms with Crippen molar-refractivity contribution in [2.24, 2.45) is 0 Å². The van der Waals surface area contributed by atoms with Gasteiger partial charge in [0.2, 0.25) is 0 Å². The van der Waals surface area contributed by atoms with Gasteiger partial charge in [-0.2, -0.15) is 0 Å². The molecule has 1 atom stereocenters. The van der Waals surface area contributed by atoms with Crippen molar-refractivity contribution in [3.63, 3.8) is 0 Å². The maximum atomic E-state index is 8.36. The molecule has 1 heterocycles. The van der Waals surface area contributed by atoms with Crippen LogP contribution in [-0.2, 0) is 24.3 Å². The number of benzene rings is 2. The van der Waals surface area contributed by atoms with Crippen LogP contribution >= 0.6 is 34.8 Å². The number of hydrogen-bond donors (Lipinski definition) is 1. The molecule has 0 bridgehead atoms. The maximum absolute atomic E-state index is 8.36. The summed E-state index contributed by atoms with van der Waals surface area (Å²) in [4.78, 5) is 12.5. The van der Waals surface area contributed by atoms with Crippen molar-refractivity contribution in [3.05, 3.63) is 97.5 Å². The van der Waals surface area contributed by atoms with E-state index in [1.54, 1.807) is 18.6 Å². The Morgan fingerprint density at radius 3 is 2.40 bits per heavy atom. The second-order valence-electron chi connectivity index (χ2n) is 6.33. The summed E-state index contributed by atoms with van der Waals surface area (Å²) in [6.45, 7) is 1.18. The van der Waals surface area contributed by atoms with Crippen LogP contribution in [0, 0.1) is 10.1 Å². The number of hydrogen-bond acceptors (Lipinski definition) is 4. The highest BCUT2D eigenvalue weighted by molar-refractivity contribution is 6.35. The summed E-state index contributed by atoms with van der Waals surface area (Å²) >= 11 is 18.2. The first-order valence-electron chi connectivity index (χ1n) is 8.92. The molecule has 10 heteroatoms. The first-order valence-corrected chi connectivity index (χ1v) is 10.1. The molecule has 0 aliphatic heterocycles. The third-order valence-corrected chi connectivity index (χ3v) is 4.97. The molecule has 160 valence electrons. The highest BCUT2D eigenvalue weighted by Gasteiger charge is 2.12. The molecule has 1 N–H and O–H groups in total. The highest BCUT2D eigenvalue weighted by atomic mass is 35.5. The lowest BCUT2D eigenvalue weighted by molar-refractivity contribution is -0.742. The van der Waals surface area contributed by atoms with E-state index in [4.69, 9.17) is 54.9 Å². The molecule has 0 saturated heterocycles. The average molecular weight is 473 g/mol. The SMILES string of the molecule is Clc1ccc(CCC(Cn2ccnc2)OCc2ccc(Cl)cc2Cl)cc1.O=[N+]([O-])O.